The number of fused-ring (bicyclic) bond motifs is 1. The quantitative estimate of drug-likeness (QED) is 0.903. The van der Waals surface area contributed by atoms with Crippen LogP contribution in [0.5, 0.6) is 11.5 Å². The molecule has 7 heteroatoms. The Hall–Kier alpha value is -1.60. The van der Waals surface area contributed by atoms with Crippen LogP contribution in [-0.4, -0.2) is 33.3 Å². The molecule has 1 aromatic heterocycles. The molecule has 0 saturated heterocycles. The predicted molar refractivity (Wildman–Crippen MR) is 74.8 cm³/mol. The molecule has 1 aromatic carbocycles. The third kappa shape index (κ3) is 2.38. The van der Waals surface area contributed by atoms with Crippen molar-refractivity contribution in [3.63, 3.8) is 0 Å². The number of halogens is 1. The molecule has 1 aliphatic heterocycles. The summed E-state index contributed by atoms with van der Waals surface area (Å²) in [5.74, 6) is 1.32. The molecule has 1 atom stereocenters. The van der Waals surface area contributed by atoms with E-state index in [9.17, 15) is 5.11 Å². The number of nitrogens with zero attached hydrogens (tertiary/aromatic N) is 3. The number of rotatable bonds is 2. The van der Waals surface area contributed by atoms with E-state index in [1.165, 1.54) is 0 Å². The predicted octanol–water partition coefficient (Wildman–Crippen LogP) is 1.82. The van der Waals surface area contributed by atoms with Crippen LogP contribution < -0.4 is 9.47 Å². The summed E-state index contributed by atoms with van der Waals surface area (Å²) in [7, 11) is 1.74. The minimum Gasteiger partial charge on any atom is -0.490 e. The van der Waals surface area contributed by atoms with Crippen LogP contribution in [-0.2, 0) is 7.05 Å². The van der Waals surface area contributed by atoms with Gasteiger partial charge in [-0.3, -0.25) is 0 Å². The Balaban J connectivity index is 2.01. The molecule has 0 bridgehead atoms. The Labute approximate surface area is 124 Å². The molecule has 20 heavy (non-hydrogen) atoms. The smallest absolute Gasteiger partial charge is 0.175 e. The van der Waals surface area contributed by atoms with Crippen LogP contribution >= 0.6 is 15.9 Å². The van der Waals surface area contributed by atoms with Gasteiger partial charge in [0.05, 0.1) is 29.6 Å². The van der Waals surface area contributed by atoms with Crippen LogP contribution in [0.15, 0.2) is 22.8 Å². The highest BCUT2D eigenvalue weighted by atomic mass is 79.9. The first kappa shape index (κ1) is 13.4. The van der Waals surface area contributed by atoms with Gasteiger partial charge >= 0.3 is 0 Å². The molecule has 0 saturated carbocycles. The van der Waals surface area contributed by atoms with Crippen molar-refractivity contribution in [1.29, 1.82) is 0 Å². The van der Waals surface area contributed by atoms with Crippen LogP contribution in [0, 0.1) is 0 Å². The molecule has 2 aromatic rings. The summed E-state index contributed by atoms with van der Waals surface area (Å²) in [4.78, 5) is 0. The average Bonchev–Trinajstić information content (AvgIpc) is 2.72. The van der Waals surface area contributed by atoms with Crippen LogP contribution in [0.2, 0.25) is 0 Å². The molecule has 1 unspecified atom stereocenters. The highest BCUT2D eigenvalue weighted by molar-refractivity contribution is 9.10. The second-order valence-electron chi connectivity index (χ2n) is 4.57. The molecule has 3 rings (SSSR count). The van der Waals surface area contributed by atoms with E-state index in [1.807, 2.05) is 6.07 Å². The van der Waals surface area contributed by atoms with Gasteiger partial charge in [0.25, 0.3) is 0 Å². The largest absolute Gasteiger partial charge is 0.490 e. The number of benzene rings is 1. The molecule has 106 valence electrons. The monoisotopic (exact) mass is 339 g/mol. The zero-order chi connectivity index (χ0) is 14.1. The average molecular weight is 340 g/mol. The van der Waals surface area contributed by atoms with Crippen LogP contribution in [0.1, 0.15) is 23.8 Å². The van der Waals surface area contributed by atoms with Gasteiger partial charge in [0.2, 0.25) is 0 Å². The number of aliphatic hydroxyl groups excluding tert-OH is 1. The van der Waals surface area contributed by atoms with Crippen LogP contribution in [0.4, 0.5) is 0 Å². The number of aromatic nitrogens is 3. The van der Waals surface area contributed by atoms with Gasteiger partial charge in [-0.25, -0.2) is 4.68 Å². The molecular weight excluding hydrogens is 326 g/mol. The van der Waals surface area contributed by atoms with Crippen molar-refractivity contribution in [2.75, 3.05) is 13.2 Å². The topological polar surface area (TPSA) is 69.4 Å². The van der Waals surface area contributed by atoms with E-state index < -0.39 is 6.10 Å². The number of aliphatic hydroxyl groups is 1. The second kappa shape index (κ2) is 5.41. The fourth-order valence-electron chi connectivity index (χ4n) is 2.12. The first-order chi connectivity index (χ1) is 9.66. The number of hydrogen-bond donors (Lipinski definition) is 1. The van der Waals surface area contributed by atoms with Crippen molar-refractivity contribution < 1.29 is 14.6 Å². The zero-order valence-electron chi connectivity index (χ0n) is 10.9. The number of aryl methyl sites for hydroxylation is 1. The standard InChI is InChI=1S/C13H14BrN3O3/c1-17-10(7-15-16-17)12(18)8-5-9(14)13-11(6-8)19-3-2-4-20-13/h5-7,12,18H,2-4H2,1H3. The highest BCUT2D eigenvalue weighted by Gasteiger charge is 2.21. The van der Waals surface area contributed by atoms with E-state index in [1.54, 1.807) is 24.0 Å². The lowest BCUT2D eigenvalue weighted by Gasteiger charge is -2.15. The van der Waals surface area contributed by atoms with E-state index in [0.29, 0.717) is 36.0 Å². The number of ether oxygens (including phenoxy) is 2. The second-order valence-corrected chi connectivity index (χ2v) is 5.42. The molecule has 0 radical (unpaired) electrons. The van der Waals surface area contributed by atoms with E-state index in [0.717, 1.165) is 10.9 Å². The van der Waals surface area contributed by atoms with Gasteiger partial charge in [0.1, 0.15) is 6.10 Å². The van der Waals surface area contributed by atoms with Crippen molar-refractivity contribution in [3.05, 3.63) is 34.1 Å². The highest BCUT2D eigenvalue weighted by Crippen LogP contribution is 2.40. The summed E-state index contributed by atoms with van der Waals surface area (Å²) in [6.45, 7) is 1.23. The Morgan fingerprint density at radius 3 is 2.90 bits per heavy atom. The molecule has 2 heterocycles. The van der Waals surface area contributed by atoms with E-state index >= 15 is 0 Å². The molecule has 1 N–H and O–H groups in total. The summed E-state index contributed by atoms with van der Waals surface area (Å²) in [5, 5.41) is 18.0. The summed E-state index contributed by atoms with van der Waals surface area (Å²) in [5.41, 5.74) is 1.32. The normalized spacial score (nSPS) is 15.8. The van der Waals surface area contributed by atoms with Crippen molar-refractivity contribution >= 4 is 15.9 Å². The van der Waals surface area contributed by atoms with E-state index in [4.69, 9.17) is 9.47 Å². The molecule has 0 amide bonds. The molecule has 0 spiro atoms. The van der Waals surface area contributed by atoms with Gasteiger partial charge in [0, 0.05) is 13.5 Å². The first-order valence-electron chi connectivity index (χ1n) is 6.28. The molecular formula is C13H14BrN3O3. The summed E-state index contributed by atoms with van der Waals surface area (Å²) < 4.78 is 13.6. The maximum Gasteiger partial charge on any atom is 0.175 e. The van der Waals surface area contributed by atoms with Gasteiger partial charge in [-0.15, -0.1) is 5.10 Å². The SMILES string of the molecule is Cn1nncc1C(O)c1cc(Br)c2c(c1)OCCCO2. The van der Waals surface area contributed by atoms with E-state index in [2.05, 4.69) is 26.2 Å². The van der Waals surface area contributed by atoms with E-state index in [-0.39, 0.29) is 0 Å². The molecule has 6 nitrogen and oxygen atoms in total. The summed E-state index contributed by atoms with van der Waals surface area (Å²) >= 11 is 3.46. The van der Waals surface area contributed by atoms with Crippen molar-refractivity contribution in [2.24, 2.45) is 7.05 Å². The summed E-state index contributed by atoms with van der Waals surface area (Å²) in [6, 6.07) is 3.62. The van der Waals surface area contributed by atoms with Gasteiger partial charge < -0.3 is 14.6 Å². The maximum absolute atomic E-state index is 10.4. The van der Waals surface area contributed by atoms with Crippen molar-refractivity contribution in [3.8, 4) is 11.5 Å². The Morgan fingerprint density at radius 2 is 2.15 bits per heavy atom. The van der Waals surface area contributed by atoms with Crippen LogP contribution in [0.3, 0.4) is 0 Å². The third-order valence-corrected chi connectivity index (χ3v) is 3.76. The molecule has 0 fully saturated rings. The van der Waals surface area contributed by atoms with Crippen molar-refractivity contribution in [2.45, 2.75) is 12.5 Å². The lowest BCUT2D eigenvalue weighted by molar-refractivity contribution is 0.209. The summed E-state index contributed by atoms with van der Waals surface area (Å²) in [6.07, 6.45) is 1.56. The third-order valence-electron chi connectivity index (χ3n) is 3.17. The van der Waals surface area contributed by atoms with Gasteiger partial charge in [-0.2, -0.15) is 0 Å². The molecule has 1 aliphatic rings. The first-order valence-corrected chi connectivity index (χ1v) is 7.08. The maximum atomic E-state index is 10.4. The minimum absolute atomic E-state index is 0.603. The van der Waals surface area contributed by atoms with Crippen molar-refractivity contribution in [1.82, 2.24) is 15.0 Å². The Morgan fingerprint density at radius 1 is 1.35 bits per heavy atom. The minimum atomic E-state index is -0.816. The lowest BCUT2D eigenvalue weighted by Crippen LogP contribution is -2.07. The number of hydrogen-bond acceptors (Lipinski definition) is 5. The van der Waals surface area contributed by atoms with Gasteiger partial charge in [0.15, 0.2) is 11.5 Å². The van der Waals surface area contributed by atoms with Crippen LogP contribution in [0.25, 0.3) is 0 Å². The Bertz CT molecular complexity index is 629. The molecule has 0 aliphatic carbocycles. The van der Waals surface area contributed by atoms with Gasteiger partial charge in [-0.05, 0) is 33.6 Å². The zero-order valence-corrected chi connectivity index (χ0v) is 12.5. The van der Waals surface area contributed by atoms with Gasteiger partial charge in [-0.1, -0.05) is 5.21 Å². The fraction of sp³-hybridized carbons (Fsp3) is 0.385. The Kier molecular flexibility index (Phi) is 3.62. The fourth-order valence-corrected chi connectivity index (χ4v) is 2.70. The lowest BCUT2D eigenvalue weighted by atomic mass is 10.1.